The van der Waals surface area contributed by atoms with Gasteiger partial charge in [-0.15, -0.1) is 0 Å². The van der Waals surface area contributed by atoms with Gasteiger partial charge in [-0.25, -0.2) is 0 Å². The summed E-state index contributed by atoms with van der Waals surface area (Å²) in [4.78, 5) is 10.7. The van der Waals surface area contributed by atoms with Crippen molar-refractivity contribution < 1.29 is 21.9 Å². The Morgan fingerprint density at radius 2 is 1.29 bits per heavy atom. The Morgan fingerprint density at radius 1 is 0.882 bits per heavy atom. The molecule has 0 saturated heterocycles. The Kier molecular flexibility index (Phi) is 9.87. The van der Waals surface area contributed by atoms with Gasteiger partial charge in [0.2, 0.25) is 0 Å². The van der Waals surface area contributed by atoms with Crippen molar-refractivity contribution >= 4 is 5.78 Å². The first-order valence-corrected chi connectivity index (χ1v) is 5.28. The molecule has 88 valence electrons. The standard InChI is InChI=1S/C10H11O.C5H5.Fe/c1-8(7-9(2)11)10-5-3-4-6-10;1-2-4-5-3-1;/h3-7H,1-2H3;1-5H;/q;;+2/b8-7+;;. The zero-order valence-corrected chi connectivity index (χ0v) is 11.1. The number of rotatable bonds is 2. The van der Waals surface area contributed by atoms with Gasteiger partial charge in [-0.2, -0.15) is 0 Å². The van der Waals surface area contributed by atoms with Crippen molar-refractivity contribution in [3.8, 4) is 0 Å². The minimum Gasteiger partial charge on any atom is -0.295 e. The summed E-state index contributed by atoms with van der Waals surface area (Å²) in [6, 6.07) is 0. The van der Waals surface area contributed by atoms with Crippen LogP contribution in [0.1, 0.15) is 13.8 Å². The molecular formula is C15H16FeO+2. The maximum Gasteiger partial charge on any atom is 2.00 e. The number of hydrogen-bond acceptors (Lipinski definition) is 1. The van der Waals surface area contributed by atoms with E-state index in [0.29, 0.717) is 0 Å². The van der Waals surface area contributed by atoms with E-state index in [4.69, 9.17) is 0 Å². The van der Waals surface area contributed by atoms with Crippen LogP contribution in [0, 0.1) is 63.7 Å². The predicted molar refractivity (Wildman–Crippen MR) is 66.4 cm³/mol. The molecular weight excluding hydrogens is 252 g/mol. The molecule has 0 aliphatic heterocycles. The Balaban J connectivity index is 0.000000360. The molecule has 2 fully saturated rings. The van der Waals surface area contributed by atoms with Gasteiger partial charge in [0.1, 0.15) is 0 Å². The smallest absolute Gasteiger partial charge is 0.295 e. The van der Waals surface area contributed by atoms with Gasteiger partial charge in [0.25, 0.3) is 0 Å². The molecule has 2 aliphatic rings. The minimum absolute atomic E-state index is 0. The quantitative estimate of drug-likeness (QED) is 0.556. The first-order chi connectivity index (χ1) is 7.70. The van der Waals surface area contributed by atoms with Gasteiger partial charge in [-0.05, 0) is 77.7 Å². The van der Waals surface area contributed by atoms with Gasteiger partial charge in [-0.1, -0.05) is 5.57 Å². The summed E-state index contributed by atoms with van der Waals surface area (Å²) in [5, 5.41) is 0. The molecule has 0 aromatic rings. The third-order valence-electron chi connectivity index (χ3n) is 2.09. The molecule has 0 amide bonds. The molecule has 0 spiro atoms. The van der Waals surface area contributed by atoms with Crippen molar-refractivity contribution in [2.45, 2.75) is 13.8 Å². The molecule has 0 heterocycles. The molecule has 1 nitrogen and oxygen atoms in total. The van der Waals surface area contributed by atoms with Gasteiger partial charge in [0, 0.05) is 5.92 Å². The first-order valence-electron chi connectivity index (χ1n) is 5.28. The first kappa shape index (κ1) is 16.9. The van der Waals surface area contributed by atoms with Gasteiger partial charge >= 0.3 is 17.1 Å². The Labute approximate surface area is 117 Å². The van der Waals surface area contributed by atoms with Crippen LogP contribution in [0.2, 0.25) is 0 Å². The van der Waals surface area contributed by atoms with Crippen LogP contribution in [0.4, 0.5) is 0 Å². The fourth-order valence-electron chi connectivity index (χ4n) is 1.35. The molecule has 10 radical (unpaired) electrons. The van der Waals surface area contributed by atoms with Crippen LogP contribution in [0.15, 0.2) is 11.6 Å². The SMILES string of the molecule is CC(=O)/C=C(\C)[C]1[CH][CH][CH][CH]1.[CH]1[CH][CH][CH][CH]1.[Fe+2]. The normalized spacial score (nSPS) is 20.5. The molecule has 2 rings (SSSR count). The Morgan fingerprint density at radius 3 is 1.65 bits per heavy atom. The van der Waals surface area contributed by atoms with E-state index in [1.165, 1.54) is 0 Å². The van der Waals surface area contributed by atoms with Gasteiger partial charge < -0.3 is 0 Å². The monoisotopic (exact) mass is 268 g/mol. The molecule has 2 saturated carbocycles. The van der Waals surface area contributed by atoms with Crippen LogP contribution in [0.25, 0.3) is 0 Å². The van der Waals surface area contributed by atoms with E-state index >= 15 is 0 Å². The second-order valence-corrected chi connectivity index (χ2v) is 3.57. The summed E-state index contributed by atoms with van der Waals surface area (Å²) in [6.07, 6.45) is 19.6. The second kappa shape index (κ2) is 9.91. The average Bonchev–Trinajstić information content (AvgIpc) is 2.94. The summed E-state index contributed by atoms with van der Waals surface area (Å²) in [5.74, 6) is 1.23. The number of allylic oxidation sites excluding steroid dienone is 2. The Hall–Kier alpha value is -0.0705. The van der Waals surface area contributed by atoms with Crippen LogP contribution in [0.5, 0.6) is 0 Å². The van der Waals surface area contributed by atoms with E-state index < -0.39 is 0 Å². The summed E-state index contributed by atoms with van der Waals surface area (Å²) >= 11 is 0. The minimum atomic E-state index is 0. The number of ketones is 1. The summed E-state index contributed by atoms with van der Waals surface area (Å²) < 4.78 is 0. The number of carbonyl (C=O) groups excluding carboxylic acids is 1. The molecule has 2 heteroatoms. The number of carbonyl (C=O) groups is 1. The number of hydrogen-bond donors (Lipinski definition) is 0. The van der Waals surface area contributed by atoms with Crippen LogP contribution in [-0.4, -0.2) is 5.78 Å². The summed E-state index contributed by atoms with van der Waals surface area (Å²) in [5.41, 5.74) is 1.03. The fraction of sp³-hybridized carbons (Fsp3) is 0.133. The van der Waals surface area contributed by atoms with E-state index in [0.717, 1.165) is 11.5 Å². The maximum absolute atomic E-state index is 10.7. The average molecular weight is 268 g/mol. The molecule has 0 aromatic carbocycles. The van der Waals surface area contributed by atoms with E-state index in [1.807, 2.05) is 64.7 Å². The zero-order chi connectivity index (χ0) is 11.8. The largest absolute Gasteiger partial charge is 2.00 e. The van der Waals surface area contributed by atoms with E-state index in [1.54, 1.807) is 13.0 Å². The van der Waals surface area contributed by atoms with E-state index in [-0.39, 0.29) is 22.9 Å². The van der Waals surface area contributed by atoms with Crippen molar-refractivity contribution in [1.29, 1.82) is 0 Å². The predicted octanol–water partition coefficient (Wildman–Crippen LogP) is 2.95. The Bertz CT molecular complexity index is 228. The molecule has 17 heavy (non-hydrogen) atoms. The van der Waals surface area contributed by atoms with Gasteiger partial charge in [-0.3, -0.25) is 4.79 Å². The van der Waals surface area contributed by atoms with Crippen molar-refractivity contribution in [2.24, 2.45) is 0 Å². The molecule has 0 unspecified atom stereocenters. The molecule has 0 bridgehead atoms. The van der Waals surface area contributed by atoms with Crippen molar-refractivity contribution in [1.82, 2.24) is 0 Å². The van der Waals surface area contributed by atoms with Crippen molar-refractivity contribution in [2.75, 3.05) is 0 Å². The topological polar surface area (TPSA) is 17.1 Å². The summed E-state index contributed by atoms with van der Waals surface area (Å²) in [6.45, 7) is 3.50. The molecule has 0 aromatic heterocycles. The third kappa shape index (κ3) is 7.78. The van der Waals surface area contributed by atoms with Gasteiger partial charge in [0.15, 0.2) is 5.78 Å². The zero-order valence-electron chi connectivity index (χ0n) is 10.0. The van der Waals surface area contributed by atoms with Crippen LogP contribution in [-0.2, 0) is 21.9 Å². The third-order valence-corrected chi connectivity index (χ3v) is 2.09. The molecule has 2 aliphatic carbocycles. The van der Waals surface area contributed by atoms with E-state index in [2.05, 4.69) is 0 Å². The van der Waals surface area contributed by atoms with Crippen molar-refractivity contribution in [3.63, 3.8) is 0 Å². The molecule has 0 atom stereocenters. The van der Waals surface area contributed by atoms with Crippen LogP contribution in [0.3, 0.4) is 0 Å². The maximum atomic E-state index is 10.7. The second-order valence-electron chi connectivity index (χ2n) is 3.57. The van der Waals surface area contributed by atoms with Crippen molar-refractivity contribution in [3.05, 3.63) is 75.4 Å². The fourth-order valence-corrected chi connectivity index (χ4v) is 1.35. The van der Waals surface area contributed by atoms with Gasteiger partial charge in [0.05, 0.1) is 0 Å². The summed E-state index contributed by atoms with van der Waals surface area (Å²) in [7, 11) is 0. The van der Waals surface area contributed by atoms with E-state index in [9.17, 15) is 4.79 Å². The van der Waals surface area contributed by atoms with Crippen LogP contribution < -0.4 is 0 Å². The molecule has 0 N–H and O–H groups in total. The van der Waals surface area contributed by atoms with Crippen LogP contribution >= 0.6 is 0 Å².